The monoisotopic (exact) mass is 336 g/mol. The predicted molar refractivity (Wildman–Crippen MR) is 89.7 cm³/mol. The minimum absolute atomic E-state index is 0.155. The molecule has 1 amide bonds. The standard InChI is InChI=1S/C14H12N2O4S2/c1-3-6-15-13(17)12(22-14(15)21)8-9-4-5-11(20-2)10(7-9)16(18)19/h3-5,7-8H,1,6H2,2H3/b12-8+. The molecule has 1 fully saturated rings. The highest BCUT2D eigenvalue weighted by Crippen LogP contribution is 2.34. The van der Waals surface area contributed by atoms with Gasteiger partial charge in [0.1, 0.15) is 4.32 Å². The van der Waals surface area contributed by atoms with E-state index in [4.69, 9.17) is 17.0 Å². The second kappa shape index (κ2) is 6.71. The Balaban J connectivity index is 2.36. The fraction of sp³-hybridized carbons (Fsp3) is 0.143. The van der Waals surface area contributed by atoms with Crippen LogP contribution in [0.1, 0.15) is 5.56 Å². The van der Waals surface area contributed by atoms with E-state index in [9.17, 15) is 14.9 Å². The van der Waals surface area contributed by atoms with Crippen molar-refractivity contribution in [3.8, 4) is 5.75 Å². The number of carbonyl (C=O) groups excluding carboxylic acids is 1. The van der Waals surface area contributed by atoms with Crippen molar-refractivity contribution >= 4 is 46.0 Å². The van der Waals surface area contributed by atoms with Gasteiger partial charge in [-0.05, 0) is 17.7 Å². The summed E-state index contributed by atoms with van der Waals surface area (Å²) in [6.07, 6.45) is 3.17. The van der Waals surface area contributed by atoms with E-state index in [1.165, 1.54) is 24.1 Å². The molecule has 1 saturated heterocycles. The normalized spacial score (nSPS) is 16.2. The number of hydrogen-bond acceptors (Lipinski definition) is 6. The number of hydrogen-bond donors (Lipinski definition) is 0. The minimum Gasteiger partial charge on any atom is -0.490 e. The van der Waals surface area contributed by atoms with Crippen LogP contribution in [0.15, 0.2) is 35.8 Å². The number of rotatable bonds is 5. The molecule has 0 N–H and O–H groups in total. The highest BCUT2D eigenvalue weighted by molar-refractivity contribution is 8.26. The lowest BCUT2D eigenvalue weighted by molar-refractivity contribution is -0.385. The maximum atomic E-state index is 12.2. The fourth-order valence-electron chi connectivity index (χ4n) is 1.88. The van der Waals surface area contributed by atoms with E-state index in [1.807, 2.05) is 0 Å². The lowest BCUT2D eigenvalue weighted by Gasteiger charge is -2.10. The van der Waals surface area contributed by atoms with Crippen LogP contribution in [0, 0.1) is 10.1 Å². The maximum Gasteiger partial charge on any atom is 0.311 e. The van der Waals surface area contributed by atoms with Gasteiger partial charge >= 0.3 is 5.69 Å². The molecule has 0 atom stereocenters. The smallest absolute Gasteiger partial charge is 0.311 e. The van der Waals surface area contributed by atoms with Gasteiger partial charge in [-0.1, -0.05) is 36.1 Å². The molecule has 1 aliphatic rings. The van der Waals surface area contributed by atoms with Gasteiger partial charge in [-0.15, -0.1) is 6.58 Å². The van der Waals surface area contributed by atoms with Crippen molar-refractivity contribution in [2.75, 3.05) is 13.7 Å². The van der Waals surface area contributed by atoms with Crippen molar-refractivity contribution in [1.82, 2.24) is 4.90 Å². The molecule has 0 aliphatic carbocycles. The van der Waals surface area contributed by atoms with Crippen LogP contribution in [0.5, 0.6) is 5.75 Å². The van der Waals surface area contributed by atoms with Crippen LogP contribution >= 0.6 is 24.0 Å². The zero-order valence-corrected chi connectivity index (χ0v) is 13.3. The molecule has 0 unspecified atom stereocenters. The van der Waals surface area contributed by atoms with Crippen LogP contribution in [0.25, 0.3) is 6.08 Å². The average molecular weight is 336 g/mol. The van der Waals surface area contributed by atoms with Crippen LogP contribution in [0.2, 0.25) is 0 Å². The van der Waals surface area contributed by atoms with E-state index in [2.05, 4.69) is 6.58 Å². The van der Waals surface area contributed by atoms with Crippen molar-refractivity contribution in [2.45, 2.75) is 0 Å². The number of nitro groups is 1. The molecule has 1 aliphatic heterocycles. The number of carbonyl (C=O) groups is 1. The third-order valence-corrected chi connectivity index (χ3v) is 4.26. The van der Waals surface area contributed by atoms with Gasteiger partial charge < -0.3 is 4.74 Å². The van der Waals surface area contributed by atoms with Crippen LogP contribution in [-0.4, -0.2) is 33.7 Å². The quantitative estimate of drug-likeness (QED) is 0.271. The number of methoxy groups -OCH3 is 1. The van der Waals surface area contributed by atoms with Gasteiger partial charge in [0.15, 0.2) is 5.75 Å². The zero-order chi connectivity index (χ0) is 16.3. The molecule has 1 aromatic carbocycles. The Kier molecular flexibility index (Phi) is 4.94. The lowest BCUT2D eigenvalue weighted by atomic mass is 10.1. The minimum atomic E-state index is -0.529. The fourth-order valence-corrected chi connectivity index (χ4v) is 3.15. The number of amides is 1. The average Bonchev–Trinajstić information content (AvgIpc) is 2.75. The first-order chi connectivity index (χ1) is 10.5. The molecule has 1 aromatic rings. The van der Waals surface area contributed by atoms with Crippen LogP contribution in [0.4, 0.5) is 5.69 Å². The van der Waals surface area contributed by atoms with Crippen molar-refractivity contribution < 1.29 is 14.5 Å². The van der Waals surface area contributed by atoms with E-state index < -0.39 is 4.92 Å². The summed E-state index contributed by atoms with van der Waals surface area (Å²) in [6, 6.07) is 4.50. The van der Waals surface area contributed by atoms with Crippen molar-refractivity contribution in [2.24, 2.45) is 0 Å². The lowest BCUT2D eigenvalue weighted by Crippen LogP contribution is -2.27. The number of benzene rings is 1. The molecule has 1 heterocycles. The summed E-state index contributed by atoms with van der Waals surface area (Å²) in [7, 11) is 1.36. The molecule has 0 bridgehead atoms. The third-order valence-electron chi connectivity index (χ3n) is 2.88. The van der Waals surface area contributed by atoms with Crippen molar-refractivity contribution in [3.05, 3.63) is 51.4 Å². The highest BCUT2D eigenvalue weighted by atomic mass is 32.2. The molecule has 8 heteroatoms. The van der Waals surface area contributed by atoms with Gasteiger partial charge in [0.2, 0.25) is 0 Å². The molecule has 6 nitrogen and oxygen atoms in total. The van der Waals surface area contributed by atoms with Crippen LogP contribution in [0.3, 0.4) is 0 Å². The second-order valence-electron chi connectivity index (χ2n) is 4.27. The molecule has 0 radical (unpaired) electrons. The van der Waals surface area contributed by atoms with E-state index in [1.54, 1.807) is 18.2 Å². The molecule has 22 heavy (non-hydrogen) atoms. The van der Waals surface area contributed by atoms with E-state index in [0.29, 0.717) is 21.3 Å². The molecule has 114 valence electrons. The van der Waals surface area contributed by atoms with E-state index >= 15 is 0 Å². The summed E-state index contributed by atoms with van der Waals surface area (Å²) < 4.78 is 5.39. The number of ether oxygens (including phenoxy) is 1. The Morgan fingerprint density at radius 1 is 1.55 bits per heavy atom. The van der Waals surface area contributed by atoms with Crippen LogP contribution in [-0.2, 0) is 4.79 Å². The largest absolute Gasteiger partial charge is 0.490 e. The SMILES string of the molecule is C=CCN1C(=O)/C(=C\c2ccc(OC)c([N+](=O)[O-])c2)SC1=S. The van der Waals surface area contributed by atoms with Gasteiger partial charge in [-0.2, -0.15) is 0 Å². The first-order valence-electron chi connectivity index (χ1n) is 6.16. The topological polar surface area (TPSA) is 72.7 Å². The molecular weight excluding hydrogens is 324 g/mol. The predicted octanol–water partition coefficient (Wildman–Crippen LogP) is 2.99. The first kappa shape index (κ1) is 16.2. The summed E-state index contributed by atoms with van der Waals surface area (Å²) in [5.74, 6) is -0.0604. The summed E-state index contributed by atoms with van der Waals surface area (Å²) >= 11 is 6.30. The van der Waals surface area contributed by atoms with Crippen molar-refractivity contribution in [1.29, 1.82) is 0 Å². The molecule has 2 rings (SSSR count). The Morgan fingerprint density at radius 3 is 2.86 bits per heavy atom. The number of thioether (sulfide) groups is 1. The Hall–Kier alpha value is -2.19. The van der Waals surface area contributed by atoms with E-state index in [0.717, 1.165) is 11.8 Å². The van der Waals surface area contributed by atoms with Gasteiger partial charge in [-0.3, -0.25) is 19.8 Å². The molecule has 0 spiro atoms. The molecule has 0 aromatic heterocycles. The summed E-state index contributed by atoms with van der Waals surface area (Å²) in [5.41, 5.74) is 0.379. The van der Waals surface area contributed by atoms with E-state index in [-0.39, 0.29) is 17.3 Å². The maximum absolute atomic E-state index is 12.2. The molecular formula is C14H12N2O4S2. The number of thiocarbonyl (C=S) groups is 1. The summed E-state index contributed by atoms with van der Waals surface area (Å²) in [5, 5.41) is 11.0. The second-order valence-corrected chi connectivity index (χ2v) is 5.95. The number of nitrogens with zero attached hydrogens (tertiary/aromatic N) is 2. The molecule has 0 saturated carbocycles. The Labute approximate surface area is 136 Å². The number of nitro benzene ring substituents is 1. The highest BCUT2D eigenvalue weighted by Gasteiger charge is 2.31. The zero-order valence-electron chi connectivity index (χ0n) is 11.6. The Morgan fingerprint density at radius 2 is 2.27 bits per heavy atom. The van der Waals surface area contributed by atoms with Gasteiger partial charge in [0.25, 0.3) is 5.91 Å². The first-order valence-corrected chi connectivity index (χ1v) is 7.39. The summed E-state index contributed by atoms with van der Waals surface area (Å²) in [4.78, 5) is 24.5. The van der Waals surface area contributed by atoms with Gasteiger partial charge in [0, 0.05) is 12.6 Å². The van der Waals surface area contributed by atoms with Crippen molar-refractivity contribution in [3.63, 3.8) is 0 Å². The Bertz CT molecular complexity index is 700. The van der Waals surface area contributed by atoms with Crippen LogP contribution < -0.4 is 4.74 Å². The van der Waals surface area contributed by atoms with Gasteiger partial charge in [-0.25, -0.2) is 0 Å². The third kappa shape index (κ3) is 3.18. The summed E-state index contributed by atoms with van der Waals surface area (Å²) in [6.45, 7) is 3.92. The van der Waals surface area contributed by atoms with Gasteiger partial charge in [0.05, 0.1) is 16.9 Å².